The van der Waals surface area contributed by atoms with Gasteiger partial charge in [-0.25, -0.2) is 9.78 Å². The molecule has 0 spiro atoms. The fraction of sp³-hybridized carbons (Fsp3) is 0.333. The summed E-state index contributed by atoms with van der Waals surface area (Å²) in [6.07, 6.45) is 2.96. The fourth-order valence-electron chi connectivity index (χ4n) is 0.893. The lowest BCUT2D eigenvalue weighted by atomic mass is 10.2. The smallest absolute Gasteiger partial charge is 0.348 e. The van der Waals surface area contributed by atoms with E-state index in [2.05, 4.69) is 19.3 Å². The molecule has 1 atom stereocenters. The van der Waals surface area contributed by atoms with E-state index < -0.39 is 22.3 Å². The van der Waals surface area contributed by atoms with E-state index in [1.807, 2.05) is 0 Å². The Labute approximate surface area is 85.9 Å². The Morgan fingerprint density at radius 1 is 1.67 bits per heavy atom. The molecule has 0 aliphatic carbocycles. The summed E-state index contributed by atoms with van der Waals surface area (Å²) in [4.78, 5) is 17.5. The van der Waals surface area contributed by atoms with Crippen LogP contribution in [0.25, 0.3) is 0 Å². The highest BCUT2D eigenvalue weighted by molar-refractivity contribution is 7.84. The molecule has 0 aliphatic rings. The lowest BCUT2D eigenvalue weighted by Crippen LogP contribution is -2.37. The molecule has 1 unspecified atom stereocenters. The molecule has 84 valence electrons. The second-order valence-corrected chi connectivity index (χ2v) is 3.93. The number of nitrogens with zero attached hydrogens (tertiary/aromatic N) is 1. The molecule has 0 aromatic carbocycles. The molecular weight excluding hydrogens is 224 g/mol. The van der Waals surface area contributed by atoms with Gasteiger partial charge in [-0.1, -0.05) is 0 Å². The highest BCUT2D eigenvalue weighted by Crippen LogP contribution is 1.99. The SMILES string of the molecule is NC(Cc1cnc[nH]1)C(=O)OS(N)(=O)=O. The minimum Gasteiger partial charge on any atom is -0.348 e. The molecule has 1 aromatic rings. The van der Waals surface area contributed by atoms with E-state index in [9.17, 15) is 13.2 Å². The topological polar surface area (TPSA) is 141 Å². The summed E-state index contributed by atoms with van der Waals surface area (Å²) in [6.45, 7) is 0. The van der Waals surface area contributed by atoms with E-state index in [1.54, 1.807) is 0 Å². The molecule has 0 bridgehead atoms. The monoisotopic (exact) mass is 234 g/mol. The number of nitrogens with one attached hydrogen (secondary N) is 1. The number of H-pyrrole nitrogens is 1. The van der Waals surface area contributed by atoms with Crippen molar-refractivity contribution < 1.29 is 17.4 Å². The normalized spacial score (nSPS) is 13.5. The fourth-order valence-corrected chi connectivity index (χ4v) is 1.25. The summed E-state index contributed by atoms with van der Waals surface area (Å²) in [6, 6.07) is -1.11. The molecule has 5 N–H and O–H groups in total. The molecule has 1 heterocycles. The van der Waals surface area contributed by atoms with Crippen molar-refractivity contribution >= 4 is 16.3 Å². The van der Waals surface area contributed by atoms with Crippen molar-refractivity contribution in [2.24, 2.45) is 10.9 Å². The molecule has 15 heavy (non-hydrogen) atoms. The molecule has 1 rings (SSSR count). The predicted molar refractivity (Wildman–Crippen MR) is 49.5 cm³/mol. The summed E-state index contributed by atoms with van der Waals surface area (Å²) in [7, 11) is -4.30. The maximum atomic E-state index is 11.0. The van der Waals surface area contributed by atoms with E-state index in [1.165, 1.54) is 12.5 Å². The van der Waals surface area contributed by atoms with Crippen molar-refractivity contribution in [3.63, 3.8) is 0 Å². The van der Waals surface area contributed by atoms with Gasteiger partial charge >= 0.3 is 16.3 Å². The lowest BCUT2D eigenvalue weighted by Gasteiger charge is -2.07. The van der Waals surface area contributed by atoms with Gasteiger partial charge in [0.1, 0.15) is 6.04 Å². The van der Waals surface area contributed by atoms with Crippen LogP contribution in [-0.4, -0.2) is 30.4 Å². The quantitative estimate of drug-likeness (QED) is 0.551. The number of nitrogens with two attached hydrogens (primary N) is 2. The molecule has 1 aromatic heterocycles. The third kappa shape index (κ3) is 4.06. The van der Waals surface area contributed by atoms with Gasteiger partial charge in [-0.15, -0.1) is 0 Å². The van der Waals surface area contributed by atoms with Gasteiger partial charge in [0.2, 0.25) is 0 Å². The standard InChI is InChI=1S/C6H10N4O4S/c7-5(1-4-2-9-3-10-4)6(11)14-15(8,12)13/h2-3,5H,1,7H2,(H,9,10)(H2,8,12,13). The van der Waals surface area contributed by atoms with E-state index in [0.717, 1.165) is 0 Å². The van der Waals surface area contributed by atoms with Crippen LogP contribution in [0.1, 0.15) is 5.69 Å². The zero-order chi connectivity index (χ0) is 11.5. The summed E-state index contributed by atoms with van der Waals surface area (Å²) in [5, 5.41) is 4.50. The van der Waals surface area contributed by atoms with E-state index >= 15 is 0 Å². The first-order chi connectivity index (χ1) is 6.88. The van der Waals surface area contributed by atoms with Gasteiger partial charge in [0.15, 0.2) is 0 Å². The van der Waals surface area contributed by atoms with Gasteiger partial charge in [-0.05, 0) is 0 Å². The molecule has 0 amide bonds. The number of carbonyl (C=O) groups is 1. The first kappa shape index (κ1) is 11.6. The third-order valence-electron chi connectivity index (χ3n) is 1.50. The Kier molecular flexibility index (Phi) is 3.39. The Balaban J connectivity index is 2.54. The Morgan fingerprint density at radius 2 is 2.33 bits per heavy atom. The maximum absolute atomic E-state index is 11.0. The van der Waals surface area contributed by atoms with Crippen LogP contribution < -0.4 is 10.9 Å². The van der Waals surface area contributed by atoms with Crippen LogP contribution in [0, 0.1) is 0 Å². The molecule has 0 aliphatic heterocycles. The number of hydrogen-bond donors (Lipinski definition) is 3. The summed E-state index contributed by atoms with van der Waals surface area (Å²) < 4.78 is 24.7. The van der Waals surface area contributed by atoms with E-state index in [0.29, 0.717) is 5.69 Å². The first-order valence-electron chi connectivity index (χ1n) is 3.87. The van der Waals surface area contributed by atoms with Crippen molar-refractivity contribution in [1.29, 1.82) is 0 Å². The predicted octanol–water partition coefficient (Wildman–Crippen LogP) is -1.97. The number of rotatable bonds is 4. The zero-order valence-corrected chi connectivity index (χ0v) is 8.40. The van der Waals surface area contributed by atoms with Crippen LogP contribution in [0.3, 0.4) is 0 Å². The van der Waals surface area contributed by atoms with E-state index in [-0.39, 0.29) is 6.42 Å². The highest BCUT2D eigenvalue weighted by atomic mass is 32.2. The molecule has 0 radical (unpaired) electrons. The lowest BCUT2D eigenvalue weighted by molar-refractivity contribution is -0.135. The highest BCUT2D eigenvalue weighted by Gasteiger charge is 2.20. The Hall–Kier alpha value is -1.45. The van der Waals surface area contributed by atoms with Crippen LogP contribution in [0.5, 0.6) is 0 Å². The van der Waals surface area contributed by atoms with Gasteiger partial charge in [-0.3, -0.25) is 0 Å². The van der Waals surface area contributed by atoms with Crippen molar-refractivity contribution in [1.82, 2.24) is 9.97 Å². The largest absolute Gasteiger partial charge is 0.382 e. The van der Waals surface area contributed by atoms with Gasteiger partial charge in [0.25, 0.3) is 0 Å². The van der Waals surface area contributed by atoms with Crippen LogP contribution in [0.4, 0.5) is 0 Å². The number of carbonyl (C=O) groups excluding carboxylic acids is 1. The maximum Gasteiger partial charge on any atom is 0.382 e. The van der Waals surface area contributed by atoms with Gasteiger partial charge in [0, 0.05) is 18.3 Å². The van der Waals surface area contributed by atoms with Crippen LogP contribution >= 0.6 is 0 Å². The van der Waals surface area contributed by atoms with Gasteiger partial charge in [-0.2, -0.15) is 13.6 Å². The average Bonchev–Trinajstić information content (AvgIpc) is 2.53. The summed E-state index contributed by atoms with van der Waals surface area (Å²) >= 11 is 0. The number of aromatic amines is 1. The van der Waals surface area contributed by atoms with Crippen LogP contribution in [0.15, 0.2) is 12.5 Å². The summed E-state index contributed by atoms with van der Waals surface area (Å²) in [5.74, 6) is -1.10. The molecule has 0 fully saturated rings. The Morgan fingerprint density at radius 3 is 2.80 bits per heavy atom. The van der Waals surface area contributed by atoms with Crippen molar-refractivity contribution in [2.45, 2.75) is 12.5 Å². The zero-order valence-electron chi connectivity index (χ0n) is 7.58. The molecule has 9 heteroatoms. The van der Waals surface area contributed by atoms with Gasteiger partial charge in [0.05, 0.1) is 6.33 Å². The minimum atomic E-state index is -4.30. The minimum absolute atomic E-state index is 0.0916. The number of hydrogen-bond acceptors (Lipinski definition) is 6. The molecule has 0 saturated carbocycles. The Bertz CT molecular complexity index is 426. The molecular formula is C6H10N4O4S. The van der Waals surface area contributed by atoms with Crippen molar-refractivity contribution in [3.05, 3.63) is 18.2 Å². The second-order valence-electron chi connectivity index (χ2n) is 2.78. The van der Waals surface area contributed by atoms with Gasteiger partial charge < -0.3 is 14.9 Å². The van der Waals surface area contributed by atoms with Crippen LogP contribution in [-0.2, 0) is 25.7 Å². The number of imidazole rings is 1. The van der Waals surface area contributed by atoms with Crippen LogP contribution in [0.2, 0.25) is 0 Å². The molecule has 0 saturated heterocycles. The first-order valence-corrected chi connectivity index (χ1v) is 5.34. The van der Waals surface area contributed by atoms with Crippen molar-refractivity contribution in [3.8, 4) is 0 Å². The summed E-state index contributed by atoms with van der Waals surface area (Å²) in [5.41, 5.74) is 5.96. The molecule has 8 nitrogen and oxygen atoms in total. The van der Waals surface area contributed by atoms with E-state index in [4.69, 9.17) is 5.73 Å². The second kappa shape index (κ2) is 4.38. The number of aromatic nitrogens is 2. The average molecular weight is 234 g/mol. The van der Waals surface area contributed by atoms with Crippen molar-refractivity contribution in [2.75, 3.05) is 0 Å². The third-order valence-corrected chi connectivity index (χ3v) is 1.89.